The summed E-state index contributed by atoms with van der Waals surface area (Å²) >= 11 is 0. The first-order valence-corrected chi connectivity index (χ1v) is 7.81. The summed E-state index contributed by atoms with van der Waals surface area (Å²) in [6, 6.07) is 6.79. The first-order valence-electron chi connectivity index (χ1n) is 7.81. The van der Waals surface area contributed by atoms with Crippen LogP contribution in [-0.4, -0.2) is 30.9 Å². The highest BCUT2D eigenvalue weighted by Gasteiger charge is 2.24. The van der Waals surface area contributed by atoms with Crippen LogP contribution >= 0.6 is 12.4 Å². The van der Waals surface area contributed by atoms with Crippen LogP contribution < -0.4 is 16.4 Å². The number of benzene rings is 1. The molecule has 130 valence electrons. The summed E-state index contributed by atoms with van der Waals surface area (Å²) in [6.07, 6.45) is 1.72. The van der Waals surface area contributed by atoms with Gasteiger partial charge in [-0.05, 0) is 44.4 Å². The molecule has 1 atom stereocenters. The molecule has 2 amide bonds. The van der Waals surface area contributed by atoms with Gasteiger partial charge in [0.25, 0.3) is 5.91 Å². The van der Waals surface area contributed by atoms with Gasteiger partial charge in [-0.3, -0.25) is 9.59 Å². The lowest BCUT2D eigenvalue weighted by atomic mass is 10.0. The largest absolute Gasteiger partial charge is 0.354 e. The van der Waals surface area contributed by atoms with Gasteiger partial charge in [-0.2, -0.15) is 0 Å². The van der Waals surface area contributed by atoms with E-state index < -0.39 is 6.04 Å². The molecule has 5 nitrogen and oxygen atoms in total. The fourth-order valence-electron chi connectivity index (χ4n) is 2.14. The second kappa shape index (κ2) is 11.0. The van der Waals surface area contributed by atoms with Crippen molar-refractivity contribution in [3.63, 3.8) is 0 Å². The Hall–Kier alpha value is -1.59. The molecule has 0 saturated carbocycles. The lowest BCUT2D eigenvalue weighted by Gasteiger charge is -2.22. The van der Waals surface area contributed by atoms with Gasteiger partial charge in [0.15, 0.2) is 0 Å². The molecule has 0 spiro atoms. The Morgan fingerprint density at radius 1 is 1.22 bits per heavy atom. The summed E-state index contributed by atoms with van der Waals surface area (Å²) in [5.41, 5.74) is 7.01. The highest BCUT2D eigenvalue weighted by Crippen LogP contribution is 2.07. The van der Waals surface area contributed by atoms with Gasteiger partial charge in [-0.15, -0.1) is 12.4 Å². The van der Waals surface area contributed by atoms with Crippen molar-refractivity contribution in [2.45, 2.75) is 39.7 Å². The van der Waals surface area contributed by atoms with Crippen LogP contribution in [0.4, 0.5) is 0 Å². The summed E-state index contributed by atoms with van der Waals surface area (Å²) in [5.74, 6) is -0.351. The maximum absolute atomic E-state index is 12.3. The van der Waals surface area contributed by atoms with Crippen LogP contribution in [0, 0.1) is 12.8 Å². The van der Waals surface area contributed by atoms with Crippen molar-refractivity contribution in [3.8, 4) is 0 Å². The number of hydrogen-bond acceptors (Lipinski definition) is 3. The van der Waals surface area contributed by atoms with E-state index in [2.05, 4.69) is 10.6 Å². The number of nitrogens with two attached hydrogens (primary N) is 1. The average molecular weight is 342 g/mol. The fourth-order valence-corrected chi connectivity index (χ4v) is 2.14. The summed E-state index contributed by atoms with van der Waals surface area (Å²) in [7, 11) is 0. The van der Waals surface area contributed by atoms with Crippen LogP contribution in [-0.2, 0) is 4.79 Å². The van der Waals surface area contributed by atoms with E-state index in [0.29, 0.717) is 18.7 Å². The van der Waals surface area contributed by atoms with Gasteiger partial charge in [0.1, 0.15) is 6.04 Å². The first-order chi connectivity index (χ1) is 10.5. The molecule has 0 saturated heterocycles. The van der Waals surface area contributed by atoms with Crippen LogP contribution in [0.25, 0.3) is 0 Å². The van der Waals surface area contributed by atoms with Gasteiger partial charge in [0.2, 0.25) is 5.91 Å². The van der Waals surface area contributed by atoms with Crippen molar-refractivity contribution < 1.29 is 9.59 Å². The topological polar surface area (TPSA) is 84.2 Å². The highest BCUT2D eigenvalue weighted by molar-refractivity contribution is 5.97. The maximum atomic E-state index is 12.3. The molecular formula is C17H28ClN3O2. The first kappa shape index (κ1) is 21.4. The predicted molar refractivity (Wildman–Crippen MR) is 95.8 cm³/mol. The van der Waals surface area contributed by atoms with Gasteiger partial charge in [-0.1, -0.05) is 31.5 Å². The van der Waals surface area contributed by atoms with Gasteiger partial charge in [0, 0.05) is 12.1 Å². The van der Waals surface area contributed by atoms with Crippen molar-refractivity contribution >= 4 is 24.2 Å². The van der Waals surface area contributed by atoms with Crippen LogP contribution in [0.15, 0.2) is 24.3 Å². The third-order valence-corrected chi connectivity index (χ3v) is 3.45. The van der Waals surface area contributed by atoms with E-state index in [1.165, 1.54) is 0 Å². The number of carbonyl (C=O) groups excluding carboxylic acids is 2. The highest BCUT2D eigenvalue weighted by atomic mass is 35.5. The zero-order chi connectivity index (χ0) is 16.5. The smallest absolute Gasteiger partial charge is 0.251 e. The van der Waals surface area contributed by atoms with Gasteiger partial charge < -0.3 is 16.4 Å². The van der Waals surface area contributed by atoms with Crippen molar-refractivity contribution in [1.82, 2.24) is 10.6 Å². The molecule has 23 heavy (non-hydrogen) atoms. The molecule has 1 unspecified atom stereocenters. The minimum Gasteiger partial charge on any atom is -0.354 e. The monoisotopic (exact) mass is 341 g/mol. The molecule has 1 aromatic carbocycles. The standard InChI is InChI=1S/C17H27N3O2.ClH/c1-12(2)15(17(22)19-10-5-4-9-18)20-16(21)14-8-6-7-13(3)11-14;/h6-8,11-12,15H,4-5,9-10,18H2,1-3H3,(H,19,22)(H,20,21);1H. The molecule has 4 N–H and O–H groups in total. The number of nitrogens with one attached hydrogen (secondary N) is 2. The molecule has 0 bridgehead atoms. The second-order valence-electron chi connectivity index (χ2n) is 5.85. The molecule has 1 rings (SSSR count). The Kier molecular flexibility index (Phi) is 10.3. The van der Waals surface area contributed by atoms with Gasteiger partial charge in [-0.25, -0.2) is 0 Å². The van der Waals surface area contributed by atoms with E-state index in [-0.39, 0.29) is 30.1 Å². The Balaban J connectivity index is 0.00000484. The Morgan fingerprint density at radius 2 is 1.91 bits per heavy atom. The summed E-state index contributed by atoms with van der Waals surface area (Å²) in [6.45, 7) is 6.97. The third kappa shape index (κ3) is 7.48. The SMILES string of the molecule is Cc1cccc(C(=O)NC(C(=O)NCCCCN)C(C)C)c1.Cl. The lowest BCUT2D eigenvalue weighted by Crippen LogP contribution is -2.49. The second-order valence-corrected chi connectivity index (χ2v) is 5.85. The maximum Gasteiger partial charge on any atom is 0.251 e. The molecule has 1 aromatic rings. The molecule has 0 aliphatic heterocycles. The van der Waals surface area contributed by atoms with Crippen molar-refractivity contribution in [2.75, 3.05) is 13.1 Å². The number of carbonyl (C=O) groups is 2. The molecule has 0 radical (unpaired) electrons. The normalized spacial score (nSPS) is 11.5. The quantitative estimate of drug-likeness (QED) is 0.632. The number of rotatable bonds is 8. The number of aryl methyl sites for hydroxylation is 1. The van der Waals surface area contributed by atoms with Crippen molar-refractivity contribution in [2.24, 2.45) is 11.7 Å². The average Bonchev–Trinajstić information content (AvgIpc) is 2.48. The Morgan fingerprint density at radius 3 is 2.48 bits per heavy atom. The fraction of sp³-hybridized carbons (Fsp3) is 0.529. The lowest BCUT2D eigenvalue weighted by molar-refractivity contribution is -0.123. The zero-order valence-electron chi connectivity index (χ0n) is 14.1. The number of amides is 2. The molecule has 0 aliphatic carbocycles. The van der Waals surface area contributed by atoms with E-state index in [1.807, 2.05) is 39.0 Å². The van der Waals surface area contributed by atoms with E-state index in [4.69, 9.17) is 5.73 Å². The van der Waals surface area contributed by atoms with E-state index in [1.54, 1.807) is 6.07 Å². The number of hydrogen-bond donors (Lipinski definition) is 3. The van der Waals surface area contributed by atoms with Crippen LogP contribution in [0.1, 0.15) is 42.6 Å². The molecular weight excluding hydrogens is 314 g/mol. The molecule has 0 aromatic heterocycles. The molecule has 6 heteroatoms. The minimum absolute atomic E-state index is 0. The molecule has 0 fully saturated rings. The summed E-state index contributed by atoms with van der Waals surface area (Å²) < 4.78 is 0. The van der Waals surface area contributed by atoms with Crippen molar-refractivity contribution in [3.05, 3.63) is 35.4 Å². The summed E-state index contributed by atoms with van der Waals surface area (Å²) in [4.78, 5) is 24.5. The van der Waals surface area contributed by atoms with Crippen LogP contribution in [0.3, 0.4) is 0 Å². The molecule has 0 aliphatic rings. The summed E-state index contributed by atoms with van der Waals surface area (Å²) in [5, 5.41) is 5.68. The van der Waals surface area contributed by atoms with Gasteiger partial charge in [0.05, 0.1) is 0 Å². The number of unbranched alkanes of at least 4 members (excludes halogenated alkanes) is 1. The third-order valence-electron chi connectivity index (χ3n) is 3.45. The molecule has 0 heterocycles. The van der Waals surface area contributed by atoms with Crippen molar-refractivity contribution in [1.29, 1.82) is 0 Å². The van der Waals surface area contributed by atoms with Crippen LogP contribution in [0.2, 0.25) is 0 Å². The minimum atomic E-state index is -0.536. The van der Waals surface area contributed by atoms with E-state index in [0.717, 1.165) is 18.4 Å². The Labute approximate surface area is 144 Å². The van der Waals surface area contributed by atoms with E-state index >= 15 is 0 Å². The van der Waals surface area contributed by atoms with E-state index in [9.17, 15) is 9.59 Å². The van der Waals surface area contributed by atoms with Crippen LogP contribution in [0.5, 0.6) is 0 Å². The Bertz CT molecular complexity index is 506. The van der Waals surface area contributed by atoms with Gasteiger partial charge >= 0.3 is 0 Å². The predicted octanol–water partition coefficient (Wildman–Crippen LogP) is 2.03. The number of halogens is 1. The zero-order valence-corrected chi connectivity index (χ0v) is 14.9.